The van der Waals surface area contributed by atoms with E-state index in [0.29, 0.717) is 15.7 Å². The zero-order valence-electron chi connectivity index (χ0n) is 9.71. The summed E-state index contributed by atoms with van der Waals surface area (Å²) in [5.74, 6) is -0.296. The van der Waals surface area contributed by atoms with E-state index in [1.165, 1.54) is 4.90 Å². The molecule has 2 rings (SSSR count). The van der Waals surface area contributed by atoms with Crippen LogP contribution < -0.4 is 10.0 Å². The lowest BCUT2D eigenvalue weighted by molar-refractivity contribution is -0.117. The quantitative estimate of drug-likeness (QED) is 0.853. The minimum absolute atomic E-state index is 0.0377. The summed E-state index contributed by atoms with van der Waals surface area (Å²) in [5, 5.41) is 13.0. The molecule has 1 unspecified atom stereocenters. The van der Waals surface area contributed by atoms with Crippen molar-refractivity contribution in [3.63, 3.8) is 0 Å². The van der Waals surface area contributed by atoms with E-state index in [9.17, 15) is 13.2 Å². The fourth-order valence-corrected chi connectivity index (χ4v) is 3.09. The molecule has 6 nitrogen and oxygen atoms in total. The molecule has 0 saturated carbocycles. The van der Waals surface area contributed by atoms with Gasteiger partial charge in [-0.15, -0.1) is 0 Å². The van der Waals surface area contributed by atoms with E-state index in [1.54, 1.807) is 18.2 Å². The lowest BCUT2D eigenvalue weighted by atomic mass is 10.2. The topological polar surface area (TPSA) is 104 Å². The van der Waals surface area contributed by atoms with E-state index < -0.39 is 15.3 Å². The predicted molar refractivity (Wildman–Crippen MR) is 72.7 cm³/mol. The predicted octanol–water partition coefficient (Wildman–Crippen LogP) is 0.715. The van der Waals surface area contributed by atoms with Gasteiger partial charge in [0.05, 0.1) is 5.56 Å². The number of anilines is 1. The summed E-state index contributed by atoms with van der Waals surface area (Å²) in [6.07, 6.45) is -0.115. The largest absolute Gasteiger partial charge is 0.311 e. The van der Waals surface area contributed by atoms with Crippen LogP contribution in [0.1, 0.15) is 12.0 Å². The maximum atomic E-state index is 11.8. The van der Waals surface area contributed by atoms with E-state index >= 15 is 0 Å². The van der Waals surface area contributed by atoms with Crippen LogP contribution in [0.3, 0.4) is 0 Å². The van der Waals surface area contributed by atoms with Crippen LogP contribution in [0.25, 0.3) is 0 Å². The number of nitriles is 1. The van der Waals surface area contributed by atoms with Gasteiger partial charge in [0.25, 0.3) is 0 Å². The molecule has 0 aliphatic carbocycles. The molecule has 1 aromatic rings. The first kappa shape index (κ1) is 14.0. The van der Waals surface area contributed by atoms with E-state index in [1.807, 2.05) is 6.07 Å². The van der Waals surface area contributed by atoms with Crippen LogP contribution in [0.15, 0.2) is 22.7 Å². The number of carbonyl (C=O) groups is 1. The van der Waals surface area contributed by atoms with Crippen LogP contribution in [0, 0.1) is 11.3 Å². The molecule has 8 heteroatoms. The van der Waals surface area contributed by atoms with Gasteiger partial charge in [0, 0.05) is 23.1 Å². The number of nitrogens with zero attached hydrogens (tertiary/aromatic N) is 2. The molecule has 1 heterocycles. The highest BCUT2D eigenvalue weighted by Crippen LogP contribution is 2.28. The average molecular weight is 344 g/mol. The second kappa shape index (κ2) is 4.92. The van der Waals surface area contributed by atoms with Crippen molar-refractivity contribution >= 4 is 37.5 Å². The molecule has 19 heavy (non-hydrogen) atoms. The summed E-state index contributed by atoms with van der Waals surface area (Å²) >= 11 is 3.23. The summed E-state index contributed by atoms with van der Waals surface area (Å²) in [6.45, 7) is 0.0377. The lowest BCUT2D eigenvalue weighted by Gasteiger charge is -2.16. The van der Waals surface area contributed by atoms with Crippen LogP contribution in [0.2, 0.25) is 0 Å². The highest BCUT2D eigenvalue weighted by molar-refractivity contribution is 9.10. The first-order chi connectivity index (χ1) is 8.82. The molecule has 0 bridgehead atoms. The van der Waals surface area contributed by atoms with Crippen molar-refractivity contribution < 1.29 is 13.2 Å². The highest BCUT2D eigenvalue weighted by Gasteiger charge is 2.37. The number of sulfonamides is 1. The number of hydrogen-bond acceptors (Lipinski definition) is 4. The van der Waals surface area contributed by atoms with Crippen molar-refractivity contribution in [1.29, 1.82) is 5.26 Å². The van der Waals surface area contributed by atoms with Crippen molar-refractivity contribution in [2.24, 2.45) is 5.14 Å². The molecule has 1 aromatic carbocycles. The zero-order chi connectivity index (χ0) is 14.2. The Morgan fingerprint density at radius 3 is 2.63 bits per heavy atom. The number of rotatable bonds is 2. The molecule has 1 fully saturated rings. The Hall–Kier alpha value is -1.43. The van der Waals surface area contributed by atoms with Gasteiger partial charge in [-0.2, -0.15) is 5.26 Å². The Kier molecular flexibility index (Phi) is 3.62. The second-order valence-electron chi connectivity index (χ2n) is 4.20. The van der Waals surface area contributed by atoms with Crippen molar-refractivity contribution in [3.05, 3.63) is 28.2 Å². The maximum Gasteiger partial charge on any atom is 0.228 e. The number of amides is 1. The van der Waals surface area contributed by atoms with E-state index in [0.717, 1.165) is 0 Å². The molecule has 1 aliphatic heterocycles. The Bertz CT molecular complexity index is 681. The standard InChI is InChI=1S/C11H10BrN3O3S/c12-10-3-8(2-1-7(10)5-13)15-6-9(4-11(15)16)19(14,17)18/h1-3,9H,4,6H2,(H2,14,17,18). The molecule has 0 aromatic heterocycles. The Labute approximate surface area is 119 Å². The number of hydrogen-bond donors (Lipinski definition) is 1. The molecule has 0 spiro atoms. The van der Waals surface area contributed by atoms with Gasteiger partial charge in [-0.25, -0.2) is 13.6 Å². The Morgan fingerprint density at radius 2 is 2.16 bits per heavy atom. The van der Waals surface area contributed by atoms with Crippen molar-refractivity contribution in [2.75, 3.05) is 11.4 Å². The molecule has 1 amide bonds. The molecule has 2 N–H and O–H groups in total. The van der Waals surface area contributed by atoms with E-state index in [4.69, 9.17) is 10.4 Å². The second-order valence-corrected chi connectivity index (χ2v) is 6.89. The van der Waals surface area contributed by atoms with E-state index in [-0.39, 0.29) is 18.9 Å². The SMILES string of the molecule is N#Cc1ccc(N2CC(S(N)(=O)=O)CC2=O)cc1Br. The molecule has 1 atom stereocenters. The summed E-state index contributed by atoms with van der Waals surface area (Å²) in [6, 6.07) is 6.77. The Morgan fingerprint density at radius 1 is 1.47 bits per heavy atom. The summed E-state index contributed by atoms with van der Waals surface area (Å²) in [4.78, 5) is 13.2. The fraction of sp³-hybridized carbons (Fsp3) is 0.273. The monoisotopic (exact) mass is 343 g/mol. The van der Waals surface area contributed by atoms with Gasteiger partial charge < -0.3 is 4.90 Å². The highest BCUT2D eigenvalue weighted by atomic mass is 79.9. The van der Waals surface area contributed by atoms with Gasteiger partial charge >= 0.3 is 0 Å². The van der Waals surface area contributed by atoms with Gasteiger partial charge in [-0.3, -0.25) is 4.79 Å². The minimum Gasteiger partial charge on any atom is -0.311 e. The molecule has 0 radical (unpaired) electrons. The third-order valence-corrected chi connectivity index (χ3v) is 4.84. The summed E-state index contributed by atoms with van der Waals surface area (Å²) in [7, 11) is -3.73. The minimum atomic E-state index is -3.73. The van der Waals surface area contributed by atoms with Crippen molar-refractivity contribution in [1.82, 2.24) is 0 Å². The number of primary sulfonamides is 1. The number of nitrogens with two attached hydrogens (primary N) is 1. The van der Waals surface area contributed by atoms with Crippen LogP contribution in [0.4, 0.5) is 5.69 Å². The van der Waals surface area contributed by atoms with Gasteiger partial charge in [0.1, 0.15) is 11.3 Å². The van der Waals surface area contributed by atoms with Crippen LogP contribution in [0.5, 0.6) is 0 Å². The number of benzene rings is 1. The lowest BCUT2D eigenvalue weighted by Crippen LogP contribution is -2.32. The normalized spacial score (nSPS) is 19.5. The van der Waals surface area contributed by atoms with Gasteiger partial charge in [0.15, 0.2) is 0 Å². The fourth-order valence-electron chi connectivity index (χ4n) is 1.91. The molecule has 1 saturated heterocycles. The first-order valence-electron chi connectivity index (χ1n) is 5.34. The molecular formula is C11H10BrN3O3S. The summed E-state index contributed by atoms with van der Waals surface area (Å²) < 4.78 is 23.1. The van der Waals surface area contributed by atoms with Gasteiger partial charge in [0.2, 0.25) is 15.9 Å². The Balaban J connectivity index is 2.31. The first-order valence-corrected chi connectivity index (χ1v) is 7.75. The number of halogens is 1. The zero-order valence-corrected chi connectivity index (χ0v) is 12.1. The van der Waals surface area contributed by atoms with E-state index in [2.05, 4.69) is 15.9 Å². The average Bonchev–Trinajstić information content (AvgIpc) is 2.71. The summed E-state index contributed by atoms with van der Waals surface area (Å²) in [5.41, 5.74) is 0.986. The van der Waals surface area contributed by atoms with Crippen molar-refractivity contribution in [3.8, 4) is 6.07 Å². The van der Waals surface area contributed by atoms with Gasteiger partial charge in [-0.05, 0) is 34.1 Å². The van der Waals surface area contributed by atoms with Crippen LogP contribution in [-0.2, 0) is 14.8 Å². The molecule has 1 aliphatic rings. The maximum absolute atomic E-state index is 11.8. The molecular weight excluding hydrogens is 334 g/mol. The number of carbonyl (C=O) groups excluding carboxylic acids is 1. The third-order valence-electron chi connectivity index (χ3n) is 2.94. The van der Waals surface area contributed by atoms with Crippen LogP contribution in [-0.4, -0.2) is 26.1 Å². The van der Waals surface area contributed by atoms with Crippen molar-refractivity contribution in [2.45, 2.75) is 11.7 Å². The van der Waals surface area contributed by atoms with Crippen LogP contribution >= 0.6 is 15.9 Å². The third kappa shape index (κ3) is 2.78. The smallest absolute Gasteiger partial charge is 0.228 e. The van der Waals surface area contributed by atoms with Gasteiger partial charge in [-0.1, -0.05) is 0 Å². The molecule has 100 valence electrons.